The molecule has 0 fully saturated rings. The van der Waals surface area contributed by atoms with Gasteiger partial charge in [-0.05, 0) is 18.8 Å². The number of rotatable bonds is 8. The number of aliphatic imine (C=N–C) groups is 1. The first-order chi connectivity index (χ1) is 12.2. The number of hydrogen-bond donors (Lipinski definition) is 1. The number of isocyanates is 1. The van der Waals surface area contributed by atoms with Crippen molar-refractivity contribution in [1.29, 1.82) is 0 Å². The van der Waals surface area contributed by atoms with Crippen molar-refractivity contribution in [2.24, 2.45) is 21.0 Å². The Bertz CT molecular complexity index is 571. The number of carbonyl (C=O) groups excluding carboxylic acids is 3. The third-order valence-electron chi connectivity index (χ3n) is 4.29. The van der Waals surface area contributed by atoms with Crippen LogP contribution < -0.4 is 40.0 Å². The van der Waals surface area contributed by atoms with E-state index in [1.54, 1.807) is 6.92 Å². The fourth-order valence-electron chi connectivity index (χ4n) is 2.74. The first-order valence-electron chi connectivity index (χ1n) is 8.09. The van der Waals surface area contributed by atoms with Gasteiger partial charge < -0.3 is 23.7 Å². The van der Waals surface area contributed by atoms with Crippen LogP contribution in [0.4, 0.5) is 0 Å². The number of amides is 2. The molecule has 2 amide bonds. The minimum absolute atomic E-state index is 0. The molecule has 0 saturated heterocycles. The maximum atomic E-state index is 11.9. The molecule has 0 radical (unpaired) electrons. The molecule has 0 aliphatic carbocycles. The molecule has 2 unspecified atom stereocenters. The van der Waals surface area contributed by atoms with Crippen LogP contribution in [0.2, 0.25) is 0 Å². The molecule has 1 aliphatic heterocycles. The van der Waals surface area contributed by atoms with Crippen LogP contribution in [0, 0.1) is 11.3 Å². The van der Waals surface area contributed by atoms with Gasteiger partial charge in [-0.1, -0.05) is 27.2 Å². The van der Waals surface area contributed by atoms with Gasteiger partial charge in [0.15, 0.2) is 0 Å². The van der Waals surface area contributed by atoms with Crippen molar-refractivity contribution < 1.29 is 62.3 Å². The summed E-state index contributed by atoms with van der Waals surface area (Å²) in [7, 11) is 1.07. The fraction of sp³-hybridized carbons (Fsp3) is 0.733. The molecule has 2 atom stereocenters. The second-order valence-electron chi connectivity index (χ2n) is 5.53. The molecule has 1 rings (SSSR count). The smallest absolute Gasteiger partial charge is 0.846 e. The standard InChI is InChI=1S/C11H18N2O3.C4H9NO4Si.Na/c1-4-6-7(3)11(5-2)8(14)12-10(16)13-9(11)15;1-7-10(8-2,9-3)5-4-6;/h7H,4-6H2,1-3H3,(H2,12,13,14,15,16);1-3H3;/q;;+1/p-1. The van der Waals surface area contributed by atoms with E-state index >= 15 is 0 Å². The van der Waals surface area contributed by atoms with E-state index in [1.165, 1.54) is 27.4 Å². The Labute approximate surface area is 182 Å². The first kappa shape index (κ1) is 28.3. The van der Waals surface area contributed by atoms with Crippen molar-refractivity contribution in [2.45, 2.75) is 40.0 Å². The summed E-state index contributed by atoms with van der Waals surface area (Å²) in [5.74, 6) is -1.20. The van der Waals surface area contributed by atoms with Gasteiger partial charge in [0, 0.05) is 21.3 Å². The largest absolute Gasteiger partial charge is 1.00 e. The predicted octanol–water partition coefficient (Wildman–Crippen LogP) is -3.11. The van der Waals surface area contributed by atoms with E-state index in [1.807, 2.05) is 13.8 Å². The third kappa shape index (κ3) is 6.88. The van der Waals surface area contributed by atoms with Crippen molar-refractivity contribution >= 4 is 32.9 Å². The summed E-state index contributed by atoms with van der Waals surface area (Å²) in [4.78, 5) is 36.9. The van der Waals surface area contributed by atoms with Gasteiger partial charge in [-0.3, -0.25) is 9.59 Å². The van der Waals surface area contributed by atoms with Crippen LogP contribution >= 0.6 is 0 Å². The molecule has 1 N–H and O–H groups in total. The van der Waals surface area contributed by atoms with E-state index < -0.39 is 32.2 Å². The Morgan fingerprint density at radius 2 is 1.78 bits per heavy atom. The monoisotopic (exact) mass is 411 g/mol. The van der Waals surface area contributed by atoms with Crippen LogP contribution in [-0.2, 0) is 27.7 Å². The molecule has 0 saturated carbocycles. The van der Waals surface area contributed by atoms with Crippen LogP contribution in [-0.4, -0.2) is 54.2 Å². The van der Waals surface area contributed by atoms with Crippen molar-refractivity contribution in [3.63, 3.8) is 0 Å². The molecule has 10 nitrogen and oxygen atoms in total. The quantitative estimate of drug-likeness (QED) is 0.193. The minimum atomic E-state index is -3.02. The van der Waals surface area contributed by atoms with Crippen LogP contribution in [0.3, 0.4) is 0 Å². The van der Waals surface area contributed by atoms with Gasteiger partial charge >= 0.3 is 38.5 Å². The van der Waals surface area contributed by atoms with Gasteiger partial charge in [0.2, 0.25) is 12.0 Å². The summed E-state index contributed by atoms with van der Waals surface area (Å²) in [6.45, 7) is 5.62. The normalized spacial score (nSPS) is 20.1. The number of hydrogen-bond acceptors (Lipinski definition) is 8. The summed E-state index contributed by atoms with van der Waals surface area (Å²) in [5, 5.41) is 13.1. The van der Waals surface area contributed by atoms with Gasteiger partial charge in [0.25, 0.3) is 5.91 Å². The maximum Gasteiger partial charge on any atom is 1.00 e. The second kappa shape index (κ2) is 13.3. The van der Waals surface area contributed by atoms with Gasteiger partial charge in [-0.15, -0.1) is 0 Å². The van der Waals surface area contributed by atoms with E-state index in [-0.39, 0.29) is 35.5 Å². The first-order valence-corrected chi connectivity index (χ1v) is 9.76. The van der Waals surface area contributed by atoms with Gasteiger partial charge in [0.05, 0.1) is 6.02 Å². The molecule has 0 spiro atoms. The maximum absolute atomic E-state index is 11.9. The van der Waals surface area contributed by atoms with E-state index in [0.717, 1.165) is 12.8 Å². The predicted molar refractivity (Wildman–Crippen MR) is 92.3 cm³/mol. The van der Waals surface area contributed by atoms with Gasteiger partial charge in [0.1, 0.15) is 5.41 Å². The molecular formula is C15H26N3NaO7Si. The summed E-state index contributed by atoms with van der Waals surface area (Å²) in [6, 6.07) is -0.845. The van der Waals surface area contributed by atoms with Crippen LogP contribution in [0.5, 0.6) is 0 Å². The van der Waals surface area contributed by atoms with Crippen LogP contribution in [0.1, 0.15) is 40.0 Å². The molecule has 148 valence electrons. The van der Waals surface area contributed by atoms with Crippen molar-refractivity contribution in [2.75, 3.05) is 21.3 Å². The van der Waals surface area contributed by atoms with E-state index in [2.05, 4.69) is 15.0 Å². The molecule has 0 aromatic rings. The molecular weight excluding hydrogens is 385 g/mol. The Kier molecular flexibility index (Phi) is 13.9. The molecule has 12 heteroatoms. The van der Waals surface area contributed by atoms with Crippen molar-refractivity contribution in [3.8, 4) is 0 Å². The van der Waals surface area contributed by atoms with E-state index in [4.69, 9.17) is 13.3 Å². The number of amidine groups is 1. The summed E-state index contributed by atoms with van der Waals surface area (Å²) >= 11 is 0. The summed E-state index contributed by atoms with van der Waals surface area (Å²) in [5.41, 5.74) is -1.15. The molecule has 1 aliphatic rings. The van der Waals surface area contributed by atoms with E-state index in [9.17, 15) is 19.5 Å². The number of nitrogens with zero attached hydrogens (tertiary/aromatic N) is 2. The van der Waals surface area contributed by atoms with Crippen LogP contribution in [0.25, 0.3) is 0 Å². The average Bonchev–Trinajstić information content (AvgIpc) is 2.61. The average molecular weight is 411 g/mol. The zero-order valence-corrected chi connectivity index (χ0v) is 20.0. The van der Waals surface area contributed by atoms with Gasteiger partial charge in [-0.2, -0.15) is 4.66 Å². The Morgan fingerprint density at radius 1 is 1.26 bits per heavy atom. The summed E-state index contributed by atoms with van der Waals surface area (Å²) < 4.78 is 17.5. The number of nitrogens with one attached hydrogen (secondary N) is 1. The Hall–Kier alpha value is -0.913. The summed E-state index contributed by atoms with van der Waals surface area (Å²) in [6.07, 6.45) is 3.34. The topological polar surface area (TPSA) is 139 Å². The SMILES string of the molecule is CCCC(C)C1(CC)C(=O)N=C([O-])NC1=O.CO[Si](N=C=O)(OC)OC.[Na+]. The van der Waals surface area contributed by atoms with Crippen molar-refractivity contribution in [3.05, 3.63) is 0 Å². The second-order valence-corrected chi connectivity index (χ2v) is 8.03. The van der Waals surface area contributed by atoms with Crippen LogP contribution in [0.15, 0.2) is 9.65 Å². The molecule has 0 aromatic heterocycles. The fourth-order valence-corrected chi connectivity index (χ4v) is 3.63. The Balaban J connectivity index is 0. The third-order valence-corrected chi connectivity index (χ3v) is 6.20. The molecule has 0 aromatic carbocycles. The molecule has 27 heavy (non-hydrogen) atoms. The van der Waals surface area contributed by atoms with Gasteiger partial charge in [-0.25, -0.2) is 9.79 Å². The molecule has 1 heterocycles. The minimum Gasteiger partial charge on any atom is -0.846 e. The number of carbonyl (C=O) groups is 2. The van der Waals surface area contributed by atoms with Crippen molar-refractivity contribution in [1.82, 2.24) is 5.32 Å². The molecule has 0 bridgehead atoms. The van der Waals surface area contributed by atoms with E-state index in [0.29, 0.717) is 6.42 Å². The zero-order chi connectivity index (χ0) is 20.4. The Morgan fingerprint density at radius 3 is 2.07 bits per heavy atom. The zero-order valence-electron chi connectivity index (χ0n) is 17.0.